The predicted octanol–water partition coefficient (Wildman–Crippen LogP) is 4.06. The molecule has 0 heterocycles. The normalized spacial score (nSPS) is 16.6. The van der Waals surface area contributed by atoms with Crippen LogP contribution >= 0.6 is 0 Å². The summed E-state index contributed by atoms with van der Waals surface area (Å²) in [4.78, 5) is 23.5. The lowest BCUT2D eigenvalue weighted by Crippen LogP contribution is -2.25. The maximum absolute atomic E-state index is 12.9. The maximum atomic E-state index is 12.9. The molecule has 0 aliphatic heterocycles. The first-order chi connectivity index (χ1) is 15.1. The van der Waals surface area contributed by atoms with Crippen LogP contribution in [0, 0.1) is 16.0 Å². The van der Waals surface area contributed by atoms with Gasteiger partial charge in [0.1, 0.15) is 0 Å². The standard InChI is InChI=1S/C24H21N3O4/c1-31-22-13-12-17(14-21(22)27(29)30)16-25-26-23(28)20-15-24(20,18-8-4-2-5-9-18)19-10-6-3-7-11-19/h2-14,16,20H,15H2,1H3,(H,26,28). The van der Waals surface area contributed by atoms with Crippen molar-refractivity contribution in [2.24, 2.45) is 11.0 Å². The first-order valence-electron chi connectivity index (χ1n) is 9.82. The third-order valence-electron chi connectivity index (χ3n) is 5.64. The molecule has 1 atom stereocenters. The fourth-order valence-electron chi connectivity index (χ4n) is 4.03. The van der Waals surface area contributed by atoms with Crippen molar-refractivity contribution in [3.05, 3.63) is 106 Å². The van der Waals surface area contributed by atoms with Crippen LogP contribution < -0.4 is 10.2 Å². The summed E-state index contributed by atoms with van der Waals surface area (Å²) < 4.78 is 5.00. The molecular formula is C24H21N3O4. The van der Waals surface area contributed by atoms with Gasteiger partial charge in [-0.3, -0.25) is 14.9 Å². The van der Waals surface area contributed by atoms with Crippen LogP contribution in [0.2, 0.25) is 0 Å². The summed E-state index contributed by atoms with van der Waals surface area (Å²) in [6, 6.07) is 24.5. The molecule has 3 aromatic carbocycles. The van der Waals surface area contributed by atoms with Crippen molar-refractivity contribution in [2.75, 3.05) is 7.11 Å². The molecule has 0 aromatic heterocycles. The second-order valence-corrected chi connectivity index (χ2v) is 7.38. The number of hydrazone groups is 1. The maximum Gasteiger partial charge on any atom is 0.311 e. The lowest BCUT2D eigenvalue weighted by Gasteiger charge is -2.18. The number of nitro groups is 1. The van der Waals surface area contributed by atoms with E-state index in [1.54, 1.807) is 6.07 Å². The third-order valence-corrected chi connectivity index (χ3v) is 5.64. The Labute approximate surface area is 179 Å². The van der Waals surface area contributed by atoms with E-state index in [0.717, 1.165) is 11.1 Å². The minimum Gasteiger partial charge on any atom is -0.490 e. The zero-order valence-corrected chi connectivity index (χ0v) is 16.9. The monoisotopic (exact) mass is 415 g/mol. The van der Waals surface area contributed by atoms with Gasteiger partial charge in [-0.05, 0) is 29.7 Å². The van der Waals surface area contributed by atoms with Gasteiger partial charge in [0, 0.05) is 17.0 Å². The van der Waals surface area contributed by atoms with Crippen LogP contribution in [-0.2, 0) is 10.2 Å². The molecule has 7 nitrogen and oxygen atoms in total. The van der Waals surface area contributed by atoms with E-state index in [9.17, 15) is 14.9 Å². The average Bonchev–Trinajstić information content (AvgIpc) is 3.57. The molecule has 4 rings (SSSR count). The van der Waals surface area contributed by atoms with Crippen molar-refractivity contribution >= 4 is 17.8 Å². The number of amides is 1. The lowest BCUT2D eigenvalue weighted by molar-refractivity contribution is -0.385. The smallest absolute Gasteiger partial charge is 0.311 e. The molecule has 156 valence electrons. The Morgan fingerprint density at radius 2 is 1.71 bits per heavy atom. The molecule has 31 heavy (non-hydrogen) atoms. The van der Waals surface area contributed by atoms with Crippen molar-refractivity contribution in [1.82, 2.24) is 5.43 Å². The number of nitrogens with zero attached hydrogens (tertiary/aromatic N) is 2. The Hall–Kier alpha value is -4.00. The SMILES string of the molecule is COc1ccc(C=NNC(=O)C2CC2(c2ccccc2)c2ccccc2)cc1[N+](=O)[O-]. The van der Waals surface area contributed by atoms with E-state index in [1.807, 2.05) is 60.7 Å². The van der Waals surface area contributed by atoms with Gasteiger partial charge in [0.15, 0.2) is 5.75 Å². The van der Waals surface area contributed by atoms with E-state index in [4.69, 9.17) is 4.74 Å². The summed E-state index contributed by atoms with van der Waals surface area (Å²) in [6.07, 6.45) is 2.08. The van der Waals surface area contributed by atoms with Crippen molar-refractivity contribution in [2.45, 2.75) is 11.8 Å². The molecular weight excluding hydrogens is 394 g/mol. The summed E-state index contributed by atoms with van der Waals surface area (Å²) in [7, 11) is 1.37. The van der Waals surface area contributed by atoms with Crippen LogP contribution in [0.25, 0.3) is 0 Å². The molecule has 1 saturated carbocycles. The zero-order valence-electron chi connectivity index (χ0n) is 16.9. The highest BCUT2D eigenvalue weighted by Crippen LogP contribution is 2.58. The Balaban J connectivity index is 1.52. The number of carbonyl (C=O) groups is 1. The molecule has 0 bridgehead atoms. The number of benzene rings is 3. The zero-order chi connectivity index (χ0) is 21.8. The predicted molar refractivity (Wildman–Crippen MR) is 117 cm³/mol. The molecule has 0 spiro atoms. The molecule has 1 N–H and O–H groups in total. The Kier molecular flexibility index (Phi) is 5.49. The van der Waals surface area contributed by atoms with Crippen molar-refractivity contribution in [3.63, 3.8) is 0 Å². The number of carbonyl (C=O) groups excluding carboxylic acids is 1. The van der Waals surface area contributed by atoms with Gasteiger partial charge in [0.05, 0.1) is 24.2 Å². The van der Waals surface area contributed by atoms with Crippen LogP contribution in [0.5, 0.6) is 5.75 Å². The Bertz CT molecular complexity index is 1090. The van der Waals surface area contributed by atoms with E-state index in [-0.39, 0.29) is 28.7 Å². The van der Waals surface area contributed by atoms with Crippen molar-refractivity contribution in [3.8, 4) is 5.75 Å². The van der Waals surface area contributed by atoms with E-state index in [1.165, 1.54) is 25.5 Å². The van der Waals surface area contributed by atoms with Crippen LogP contribution in [0.1, 0.15) is 23.1 Å². The highest BCUT2D eigenvalue weighted by Gasteiger charge is 2.60. The van der Waals surface area contributed by atoms with Gasteiger partial charge in [-0.1, -0.05) is 60.7 Å². The van der Waals surface area contributed by atoms with Gasteiger partial charge in [-0.25, -0.2) is 5.43 Å². The number of nitrogens with one attached hydrogen (secondary N) is 1. The number of ether oxygens (including phenoxy) is 1. The highest BCUT2D eigenvalue weighted by molar-refractivity contribution is 5.88. The van der Waals surface area contributed by atoms with Gasteiger partial charge < -0.3 is 4.74 Å². The molecule has 7 heteroatoms. The van der Waals surface area contributed by atoms with Crippen molar-refractivity contribution < 1.29 is 14.5 Å². The van der Waals surface area contributed by atoms with E-state index in [0.29, 0.717) is 12.0 Å². The summed E-state index contributed by atoms with van der Waals surface area (Å²) >= 11 is 0. The van der Waals surface area contributed by atoms with Gasteiger partial charge in [-0.15, -0.1) is 0 Å². The number of rotatable bonds is 7. The number of methoxy groups -OCH3 is 1. The molecule has 0 saturated heterocycles. The third kappa shape index (κ3) is 3.90. The number of nitro benzene ring substituents is 1. The van der Waals surface area contributed by atoms with Gasteiger partial charge in [-0.2, -0.15) is 5.10 Å². The minimum atomic E-state index is -0.521. The largest absolute Gasteiger partial charge is 0.490 e. The highest BCUT2D eigenvalue weighted by atomic mass is 16.6. The fourth-order valence-corrected chi connectivity index (χ4v) is 4.03. The quantitative estimate of drug-likeness (QED) is 0.358. The van der Waals surface area contributed by atoms with Gasteiger partial charge >= 0.3 is 5.69 Å². The molecule has 1 aliphatic rings. The van der Waals surface area contributed by atoms with Crippen LogP contribution in [-0.4, -0.2) is 24.2 Å². The average molecular weight is 415 g/mol. The summed E-state index contributed by atoms with van der Waals surface area (Å²) in [5.41, 5.74) is 4.73. The molecule has 0 radical (unpaired) electrons. The second-order valence-electron chi connectivity index (χ2n) is 7.38. The molecule has 1 fully saturated rings. The minimum absolute atomic E-state index is 0.160. The molecule has 1 unspecified atom stereocenters. The summed E-state index contributed by atoms with van der Waals surface area (Å²) in [5.74, 6) is -0.272. The molecule has 3 aromatic rings. The van der Waals surface area contributed by atoms with Crippen molar-refractivity contribution in [1.29, 1.82) is 0 Å². The van der Waals surface area contributed by atoms with Gasteiger partial charge in [0.2, 0.25) is 5.91 Å². The van der Waals surface area contributed by atoms with Crippen LogP contribution in [0.3, 0.4) is 0 Å². The molecule has 1 aliphatic carbocycles. The van der Waals surface area contributed by atoms with Crippen LogP contribution in [0.15, 0.2) is 84.0 Å². The van der Waals surface area contributed by atoms with Gasteiger partial charge in [0.25, 0.3) is 0 Å². The number of hydrogen-bond acceptors (Lipinski definition) is 5. The second kappa shape index (κ2) is 8.39. The fraction of sp³-hybridized carbons (Fsp3) is 0.167. The van der Waals surface area contributed by atoms with E-state index < -0.39 is 4.92 Å². The van der Waals surface area contributed by atoms with E-state index in [2.05, 4.69) is 10.5 Å². The van der Waals surface area contributed by atoms with E-state index >= 15 is 0 Å². The number of hydrogen-bond donors (Lipinski definition) is 1. The summed E-state index contributed by atoms with van der Waals surface area (Å²) in [5, 5.41) is 15.2. The van der Waals surface area contributed by atoms with Crippen LogP contribution in [0.4, 0.5) is 5.69 Å². The lowest BCUT2D eigenvalue weighted by atomic mass is 9.85. The summed E-state index contributed by atoms with van der Waals surface area (Å²) in [6.45, 7) is 0. The first kappa shape index (κ1) is 20.3. The molecule has 1 amide bonds. The Morgan fingerprint density at radius 3 is 2.26 bits per heavy atom. The Morgan fingerprint density at radius 1 is 1.10 bits per heavy atom. The topological polar surface area (TPSA) is 93.8 Å². The first-order valence-corrected chi connectivity index (χ1v) is 9.82.